The Hall–Kier alpha value is -0.350. The molecule has 0 amide bonds. The van der Waals surface area contributed by atoms with Crippen molar-refractivity contribution in [2.24, 2.45) is 0 Å². The van der Waals surface area contributed by atoms with Crippen molar-refractivity contribution in [2.75, 3.05) is 0 Å². The lowest BCUT2D eigenvalue weighted by molar-refractivity contribution is 0.481. The van der Waals surface area contributed by atoms with E-state index < -0.39 is 0 Å². The minimum atomic E-state index is 0.358. The van der Waals surface area contributed by atoms with Gasteiger partial charge in [0.1, 0.15) is 0 Å². The van der Waals surface area contributed by atoms with Gasteiger partial charge in [0.2, 0.25) is 0 Å². The first-order valence-corrected chi connectivity index (χ1v) is 8.34. The van der Waals surface area contributed by atoms with Gasteiger partial charge in [0, 0.05) is 26.5 Å². The summed E-state index contributed by atoms with van der Waals surface area (Å²) >= 11 is 11.3. The first-order chi connectivity index (χ1) is 9.06. The van der Waals surface area contributed by atoms with Crippen molar-refractivity contribution < 1.29 is 0 Å². The lowest BCUT2D eigenvalue weighted by atomic mass is 10.1. The number of hydrogen-bond donors (Lipinski definition) is 1. The Morgan fingerprint density at radius 1 is 1.21 bits per heavy atom. The fourth-order valence-corrected chi connectivity index (χ4v) is 4.01. The smallest absolute Gasteiger partial charge is 0.0406 e. The normalized spacial score (nSPS) is 14.3. The van der Waals surface area contributed by atoms with Gasteiger partial charge in [0.15, 0.2) is 0 Å². The third-order valence-electron chi connectivity index (χ3n) is 3.03. The third kappa shape index (κ3) is 4.32. The van der Waals surface area contributed by atoms with E-state index in [1.54, 1.807) is 11.3 Å². The Balaban J connectivity index is 1.92. The first kappa shape index (κ1) is 15.0. The van der Waals surface area contributed by atoms with Gasteiger partial charge in [-0.3, -0.25) is 0 Å². The van der Waals surface area contributed by atoms with Gasteiger partial charge in [0.05, 0.1) is 0 Å². The van der Waals surface area contributed by atoms with Gasteiger partial charge in [-0.1, -0.05) is 23.7 Å². The van der Waals surface area contributed by atoms with Gasteiger partial charge < -0.3 is 5.32 Å². The maximum atomic E-state index is 5.90. The van der Waals surface area contributed by atoms with E-state index in [9.17, 15) is 0 Å². The van der Waals surface area contributed by atoms with Crippen LogP contribution in [-0.2, 0) is 6.42 Å². The molecule has 0 radical (unpaired) electrons. The van der Waals surface area contributed by atoms with Crippen LogP contribution in [0.25, 0.3) is 0 Å². The highest BCUT2D eigenvalue weighted by atomic mass is 79.9. The molecule has 0 aliphatic rings. The summed E-state index contributed by atoms with van der Waals surface area (Å²) in [5.74, 6) is 0. The standard InChI is InChI=1S/C15H17BrClNS/c1-10(9-12-3-5-13(17)6-4-12)18-11(2)15-14(16)7-8-19-15/h3-8,10-11,18H,9H2,1-2H3. The van der Waals surface area contributed by atoms with Crippen LogP contribution in [0, 0.1) is 0 Å². The molecule has 0 bridgehead atoms. The molecule has 0 saturated carbocycles. The molecular formula is C15H17BrClNS. The Labute approximate surface area is 132 Å². The Kier molecular flexibility index (Phi) is 5.46. The Bertz CT molecular complexity index is 523. The first-order valence-electron chi connectivity index (χ1n) is 6.29. The molecule has 1 heterocycles. The van der Waals surface area contributed by atoms with E-state index in [-0.39, 0.29) is 0 Å². The summed E-state index contributed by atoms with van der Waals surface area (Å²) in [5.41, 5.74) is 1.31. The number of halogens is 2. The summed E-state index contributed by atoms with van der Waals surface area (Å²) in [6.45, 7) is 4.42. The number of nitrogens with one attached hydrogen (secondary N) is 1. The van der Waals surface area contributed by atoms with Crippen LogP contribution in [0.2, 0.25) is 5.02 Å². The summed E-state index contributed by atoms with van der Waals surface area (Å²) in [6, 6.07) is 11.0. The van der Waals surface area contributed by atoms with E-state index in [0.29, 0.717) is 12.1 Å². The molecule has 2 rings (SSSR count). The topological polar surface area (TPSA) is 12.0 Å². The van der Waals surface area contributed by atoms with Crippen molar-refractivity contribution in [3.8, 4) is 0 Å². The predicted molar refractivity (Wildman–Crippen MR) is 88.2 cm³/mol. The van der Waals surface area contributed by atoms with Crippen molar-refractivity contribution >= 4 is 38.9 Å². The summed E-state index contributed by atoms with van der Waals surface area (Å²) in [4.78, 5) is 1.35. The molecule has 1 nitrogen and oxygen atoms in total. The van der Waals surface area contributed by atoms with Gasteiger partial charge in [-0.05, 0) is 65.3 Å². The van der Waals surface area contributed by atoms with Crippen molar-refractivity contribution in [2.45, 2.75) is 32.4 Å². The van der Waals surface area contributed by atoms with Crippen LogP contribution >= 0.6 is 38.9 Å². The fourth-order valence-electron chi connectivity index (χ4n) is 2.15. The van der Waals surface area contributed by atoms with Crippen molar-refractivity contribution in [1.29, 1.82) is 0 Å². The molecule has 0 aliphatic heterocycles. The minimum Gasteiger partial charge on any atom is -0.307 e. The van der Waals surface area contributed by atoms with Gasteiger partial charge in [-0.15, -0.1) is 11.3 Å². The molecule has 102 valence electrons. The molecule has 0 aliphatic carbocycles. The molecule has 0 saturated heterocycles. The maximum Gasteiger partial charge on any atom is 0.0406 e. The molecule has 2 aromatic rings. The highest BCUT2D eigenvalue weighted by Crippen LogP contribution is 2.29. The number of benzene rings is 1. The van der Waals surface area contributed by atoms with E-state index in [2.05, 4.69) is 58.7 Å². The lowest BCUT2D eigenvalue weighted by Crippen LogP contribution is -2.30. The largest absolute Gasteiger partial charge is 0.307 e. The third-order valence-corrected chi connectivity index (χ3v) is 5.33. The predicted octanol–water partition coefficient (Wildman–Crippen LogP) is 5.45. The molecule has 1 aromatic carbocycles. The van der Waals surface area contributed by atoms with Crippen LogP contribution in [0.15, 0.2) is 40.2 Å². The zero-order chi connectivity index (χ0) is 13.8. The monoisotopic (exact) mass is 357 g/mol. The fraction of sp³-hybridized carbons (Fsp3) is 0.333. The van der Waals surface area contributed by atoms with Gasteiger partial charge in [0.25, 0.3) is 0 Å². The average Bonchev–Trinajstić information content (AvgIpc) is 2.78. The van der Waals surface area contributed by atoms with Crippen molar-refractivity contribution in [3.05, 3.63) is 55.6 Å². The highest BCUT2D eigenvalue weighted by Gasteiger charge is 2.13. The molecule has 1 aromatic heterocycles. The summed E-state index contributed by atoms with van der Waals surface area (Å²) < 4.78 is 1.19. The summed E-state index contributed by atoms with van der Waals surface area (Å²) in [6.07, 6.45) is 1.00. The van der Waals surface area contributed by atoms with Crippen LogP contribution in [0.5, 0.6) is 0 Å². The maximum absolute atomic E-state index is 5.90. The Morgan fingerprint density at radius 3 is 2.47 bits per heavy atom. The van der Waals surface area contributed by atoms with Crippen molar-refractivity contribution in [3.63, 3.8) is 0 Å². The molecule has 1 N–H and O–H groups in total. The van der Waals surface area contributed by atoms with Crippen LogP contribution in [0.3, 0.4) is 0 Å². The lowest BCUT2D eigenvalue weighted by Gasteiger charge is -2.19. The molecular weight excluding hydrogens is 342 g/mol. The number of hydrogen-bond acceptors (Lipinski definition) is 2. The Morgan fingerprint density at radius 2 is 1.89 bits per heavy atom. The molecule has 2 unspecified atom stereocenters. The SMILES string of the molecule is CC(Cc1ccc(Cl)cc1)NC(C)c1sccc1Br. The molecule has 19 heavy (non-hydrogen) atoms. The van der Waals surface area contributed by atoms with Gasteiger partial charge in [-0.2, -0.15) is 0 Å². The van der Waals surface area contributed by atoms with Crippen molar-refractivity contribution in [1.82, 2.24) is 5.32 Å². The van der Waals surface area contributed by atoms with E-state index in [1.165, 1.54) is 14.9 Å². The van der Waals surface area contributed by atoms with E-state index >= 15 is 0 Å². The van der Waals surface area contributed by atoms with E-state index in [0.717, 1.165) is 11.4 Å². The second-order valence-corrected chi connectivity index (χ2v) is 6.99. The second kappa shape index (κ2) is 6.89. The molecule has 4 heteroatoms. The molecule has 2 atom stereocenters. The quantitative estimate of drug-likeness (QED) is 0.749. The van der Waals surface area contributed by atoms with Crippen LogP contribution in [-0.4, -0.2) is 6.04 Å². The summed E-state index contributed by atoms with van der Waals surface area (Å²) in [7, 11) is 0. The average molecular weight is 359 g/mol. The number of rotatable bonds is 5. The zero-order valence-corrected chi connectivity index (χ0v) is 14.1. The molecule has 0 fully saturated rings. The van der Waals surface area contributed by atoms with E-state index in [1.807, 2.05) is 12.1 Å². The number of thiophene rings is 1. The van der Waals surface area contributed by atoms with Crippen LogP contribution < -0.4 is 5.32 Å². The van der Waals surface area contributed by atoms with Crippen LogP contribution in [0.1, 0.15) is 30.3 Å². The zero-order valence-electron chi connectivity index (χ0n) is 11.0. The van der Waals surface area contributed by atoms with E-state index in [4.69, 9.17) is 11.6 Å². The van der Waals surface area contributed by atoms with Gasteiger partial charge >= 0.3 is 0 Å². The summed E-state index contributed by atoms with van der Waals surface area (Å²) in [5, 5.41) is 6.54. The van der Waals surface area contributed by atoms with Crippen LogP contribution in [0.4, 0.5) is 0 Å². The molecule has 0 spiro atoms. The van der Waals surface area contributed by atoms with Gasteiger partial charge in [-0.25, -0.2) is 0 Å². The minimum absolute atomic E-state index is 0.358. The highest BCUT2D eigenvalue weighted by molar-refractivity contribution is 9.10. The second-order valence-electron chi connectivity index (χ2n) is 4.75.